The molecule has 0 bridgehead atoms. The number of carbonyl (C=O) groups excluding carboxylic acids is 1. The van der Waals surface area contributed by atoms with Crippen LogP contribution in [0.5, 0.6) is 11.5 Å². The van der Waals surface area contributed by atoms with Crippen molar-refractivity contribution in [3.63, 3.8) is 0 Å². The molecular formula is C20H32O3. The van der Waals surface area contributed by atoms with Crippen molar-refractivity contribution in [1.82, 2.24) is 0 Å². The van der Waals surface area contributed by atoms with Crippen molar-refractivity contribution in [1.29, 1.82) is 0 Å². The summed E-state index contributed by atoms with van der Waals surface area (Å²) in [6.45, 7) is 4.36. The van der Waals surface area contributed by atoms with Gasteiger partial charge in [-0.15, -0.1) is 0 Å². The number of hydrogen-bond acceptors (Lipinski definition) is 3. The number of unbranched alkanes of at least 4 members (excludes halogenated alkanes) is 6. The van der Waals surface area contributed by atoms with Crippen LogP contribution in [0, 0.1) is 0 Å². The van der Waals surface area contributed by atoms with Crippen molar-refractivity contribution in [2.24, 2.45) is 0 Å². The molecule has 0 heterocycles. The molecule has 0 fully saturated rings. The molecule has 0 unspecified atom stereocenters. The second kappa shape index (κ2) is 12.0. The standard InChI is InChI=1S/C20H32O3/c1-4-6-7-8-9-10-11-13-20(21)23-18-15-14-17(12-5-2)16-19(18)22-3/h14-16H,4-13H2,1-3H3. The summed E-state index contributed by atoms with van der Waals surface area (Å²) in [4.78, 5) is 11.9. The van der Waals surface area contributed by atoms with E-state index in [-0.39, 0.29) is 5.97 Å². The first-order chi connectivity index (χ1) is 11.2. The lowest BCUT2D eigenvalue weighted by Gasteiger charge is -2.11. The molecule has 0 saturated heterocycles. The zero-order valence-corrected chi connectivity index (χ0v) is 15.0. The molecule has 23 heavy (non-hydrogen) atoms. The molecule has 1 rings (SSSR count). The molecular weight excluding hydrogens is 288 g/mol. The molecule has 0 N–H and O–H groups in total. The molecule has 1 aromatic carbocycles. The number of carbonyl (C=O) groups is 1. The highest BCUT2D eigenvalue weighted by atomic mass is 16.6. The molecule has 0 aromatic heterocycles. The fourth-order valence-corrected chi connectivity index (χ4v) is 2.64. The Hall–Kier alpha value is -1.51. The van der Waals surface area contributed by atoms with E-state index < -0.39 is 0 Å². The molecule has 0 spiro atoms. The smallest absolute Gasteiger partial charge is 0.311 e. The first kappa shape index (κ1) is 19.5. The van der Waals surface area contributed by atoms with E-state index in [1.54, 1.807) is 7.11 Å². The van der Waals surface area contributed by atoms with E-state index in [2.05, 4.69) is 13.8 Å². The third-order valence-corrected chi connectivity index (χ3v) is 3.97. The van der Waals surface area contributed by atoms with Crippen LogP contribution in [-0.4, -0.2) is 13.1 Å². The molecule has 1 aromatic rings. The lowest BCUT2D eigenvalue weighted by molar-refractivity contribution is -0.134. The van der Waals surface area contributed by atoms with Crippen molar-refractivity contribution < 1.29 is 14.3 Å². The predicted octanol–water partition coefficient (Wildman–Crippen LogP) is 5.69. The molecule has 0 saturated carbocycles. The van der Waals surface area contributed by atoms with E-state index in [9.17, 15) is 4.79 Å². The molecule has 0 atom stereocenters. The minimum absolute atomic E-state index is 0.167. The van der Waals surface area contributed by atoms with Gasteiger partial charge in [-0.05, 0) is 30.5 Å². The van der Waals surface area contributed by atoms with E-state index in [4.69, 9.17) is 9.47 Å². The third-order valence-electron chi connectivity index (χ3n) is 3.97. The van der Waals surface area contributed by atoms with Crippen LogP contribution in [0.1, 0.15) is 77.2 Å². The Kier molecular flexibility index (Phi) is 10.2. The highest BCUT2D eigenvalue weighted by Gasteiger charge is 2.10. The minimum atomic E-state index is -0.167. The average Bonchev–Trinajstić information content (AvgIpc) is 2.55. The van der Waals surface area contributed by atoms with Crippen molar-refractivity contribution >= 4 is 5.97 Å². The fourth-order valence-electron chi connectivity index (χ4n) is 2.64. The highest BCUT2D eigenvalue weighted by Crippen LogP contribution is 2.29. The molecule has 0 aliphatic heterocycles. The maximum atomic E-state index is 11.9. The Morgan fingerprint density at radius 3 is 2.26 bits per heavy atom. The zero-order chi connectivity index (χ0) is 16.9. The zero-order valence-electron chi connectivity index (χ0n) is 15.0. The van der Waals surface area contributed by atoms with Gasteiger partial charge in [-0.3, -0.25) is 4.79 Å². The van der Waals surface area contributed by atoms with Crippen LogP contribution in [0.25, 0.3) is 0 Å². The number of benzene rings is 1. The maximum absolute atomic E-state index is 11.9. The monoisotopic (exact) mass is 320 g/mol. The molecule has 3 nitrogen and oxygen atoms in total. The Labute approximate surface area is 141 Å². The third kappa shape index (κ3) is 8.06. The van der Waals surface area contributed by atoms with Gasteiger partial charge in [0.1, 0.15) is 0 Å². The normalized spacial score (nSPS) is 10.6. The lowest BCUT2D eigenvalue weighted by Crippen LogP contribution is -2.08. The van der Waals surface area contributed by atoms with Crippen molar-refractivity contribution in [3.05, 3.63) is 23.8 Å². The van der Waals surface area contributed by atoms with Crippen LogP contribution in [0.15, 0.2) is 18.2 Å². The average molecular weight is 320 g/mol. The molecule has 0 amide bonds. The number of rotatable bonds is 12. The summed E-state index contributed by atoms with van der Waals surface area (Å²) in [5.74, 6) is 1.00. The highest BCUT2D eigenvalue weighted by molar-refractivity contribution is 5.73. The Balaban J connectivity index is 2.33. The Bertz CT molecular complexity index is 454. The number of esters is 1. The molecule has 3 heteroatoms. The van der Waals surface area contributed by atoms with Gasteiger partial charge in [0.15, 0.2) is 11.5 Å². The van der Waals surface area contributed by atoms with Crippen LogP contribution >= 0.6 is 0 Å². The maximum Gasteiger partial charge on any atom is 0.311 e. The first-order valence-electron chi connectivity index (χ1n) is 9.08. The quantitative estimate of drug-likeness (QED) is 0.282. The van der Waals surface area contributed by atoms with Crippen molar-refractivity contribution in [2.45, 2.75) is 78.1 Å². The summed E-state index contributed by atoms with van der Waals surface area (Å²) in [6, 6.07) is 5.80. The summed E-state index contributed by atoms with van der Waals surface area (Å²) >= 11 is 0. The van der Waals surface area contributed by atoms with Gasteiger partial charge in [0.05, 0.1) is 7.11 Å². The summed E-state index contributed by atoms with van der Waals surface area (Å²) in [6.07, 6.45) is 10.9. The van der Waals surface area contributed by atoms with Crippen LogP contribution in [0.2, 0.25) is 0 Å². The van der Waals surface area contributed by atoms with Crippen molar-refractivity contribution in [2.75, 3.05) is 7.11 Å². The van der Waals surface area contributed by atoms with Gasteiger partial charge in [-0.1, -0.05) is 64.9 Å². The van der Waals surface area contributed by atoms with E-state index in [0.717, 1.165) is 25.7 Å². The lowest BCUT2D eigenvalue weighted by atomic mass is 10.1. The van der Waals surface area contributed by atoms with Gasteiger partial charge in [-0.2, -0.15) is 0 Å². The Morgan fingerprint density at radius 1 is 0.913 bits per heavy atom. The minimum Gasteiger partial charge on any atom is -0.493 e. The van der Waals surface area contributed by atoms with E-state index in [0.29, 0.717) is 17.9 Å². The number of methoxy groups -OCH3 is 1. The molecule has 0 aliphatic carbocycles. The number of ether oxygens (including phenoxy) is 2. The number of aryl methyl sites for hydroxylation is 1. The second-order valence-electron chi connectivity index (χ2n) is 6.08. The number of hydrogen-bond donors (Lipinski definition) is 0. The first-order valence-corrected chi connectivity index (χ1v) is 9.08. The van der Waals surface area contributed by atoms with Gasteiger partial charge >= 0.3 is 5.97 Å². The second-order valence-corrected chi connectivity index (χ2v) is 6.08. The van der Waals surface area contributed by atoms with Crippen LogP contribution < -0.4 is 9.47 Å². The van der Waals surface area contributed by atoms with Gasteiger partial charge in [0.25, 0.3) is 0 Å². The Morgan fingerprint density at radius 2 is 1.61 bits per heavy atom. The molecule has 0 radical (unpaired) electrons. The van der Waals surface area contributed by atoms with Crippen molar-refractivity contribution in [3.8, 4) is 11.5 Å². The topological polar surface area (TPSA) is 35.5 Å². The van der Waals surface area contributed by atoms with Gasteiger partial charge in [0, 0.05) is 6.42 Å². The largest absolute Gasteiger partial charge is 0.493 e. The van der Waals surface area contributed by atoms with E-state index in [1.807, 2.05) is 18.2 Å². The van der Waals surface area contributed by atoms with E-state index in [1.165, 1.54) is 37.7 Å². The summed E-state index contributed by atoms with van der Waals surface area (Å²) in [7, 11) is 1.61. The van der Waals surface area contributed by atoms with E-state index >= 15 is 0 Å². The predicted molar refractivity (Wildman–Crippen MR) is 95.2 cm³/mol. The molecule has 130 valence electrons. The van der Waals surface area contributed by atoms with Crippen LogP contribution in [0.3, 0.4) is 0 Å². The SMILES string of the molecule is CCCCCCCCCC(=O)Oc1ccc(CCC)cc1OC. The van der Waals surface area contributed by atoms with Gasteiger partial charge in [0.2, 0.25) is 0 Å². The van der Waals surface area contributed by atoms with Crippen LogP contribution in [0.4, 0.5) is 0 Å². The summed E-state index contributed by atoms with van der Waals surface area (Å²) in [5.41, 5.74) is 1.20. The van der Waals surface area contributed by atoms with Gasteiger partial charge in [-0.25, -0.2) is 0 Å². The summed E-state index contributed by atoms with van der Waals surface area (Å²) < 4.78 is 10.8. The van der Waals surface area contributed by atoms with Gasteiger partial charge < -0.3 is 9.47 Å². The van der Waals surface area contributed by atoms with Crippen LogP contribution in [-0.2, 0) is 11.2 Å². The molecule has 0 aliphatic rings. The summed E-state index contributed by atoms with van der Waals surface area (Å²) in [5, 5.41) is 0. The fraction of sp³-hybridized carbons (Fsp3) is 0.650.